The predicted molar refractivity (Wildman–Crippen MR) is 113 cm³/mol. The van der Waals surface area contributed by atoms with Crippen LogP contribution in [0.15, 0.2) is 84.0 Å². The molecular weight excluding hydrogens is 386 g/mol. The van der Waals surface area contributed by atoms with Gasteiger partial charge in [-0.2, -0.15) is 4.31 Å². The molecule has 0 saturated heterocycles. The van der Waals surface area contributed by atoms with Gasteiger partial charge in [-0.05, 0) is 41.8 Å². The van der Waals surface area contributed by atoms with Crippen molar-refractivity contribution < 1.29 is 13.2 Å². The first-order chi connectivity index (χ1) is 13.9. The Hall–Kier alpha value is -3.03. The first-order valence-electron chi connectivity index (χ1n) is 9.26. The molecule has 7 heteroatoms. The summed E-state index contributed by atoms with van der Waals surface area (Å²) in [5.74, 6) is -0.254. The van der Waals surface area contributed by atoms with Gasteiger partial charge < -0.3 is 5.32 Å². The highest BCUT2D eigenvalue weighted by Crippen LogP contribution is 2.22. The monoisotopic (exact) mass is 409 g/mol. The van der Waals surface area contributed by atoms with Crippen molar-refractivity contribution in [1.29, 1.82) is 0 Å². The molecule has 6 nitrogen and oxygen atoms in total. The molecule has 0 aliphatic carbocycles. The van der Waals surface area contributed by atoms with E-state index in [0.29, 0.717) is 18.7 Å². The fourth-order valence-electron chi connectivity index (χ4n) is 2.96. The zero-order valence-corrected chi connectivity index (χ0v) is 17.0. The lowest BCUT2D eigenvalue weighted by molar-refractivity contribution is -0.114. The quantitative estimate of drug-likeness (QED) is 0.618. The van der Waals surface area contributed by atoms with Gasteiger partial charge in [-0.15, -0.1) is 0 Å². The zero-order chi connectivity index (χ0) is 20.7. The van der Waals surface area contributed by atoms with Crippen LogP contribution in [0.1, 0.15) is 18.1 Å². The number of rotatable bonds is 8. The fraction of sp³-hybridized carbons (Fsp3) is 0.182. The third-order valence-corrected chi connectivity index (χ3v) is 6.21. The molecule has 0 saturated carbocycles. The zero-order valence-electron chi connectivity index (χ0n) is 16.2. The molecule has 0 aliphatic heterocycles. The molecular formula is C22H23N3O3S. The topological polar surface area (TPSA) is 79.4 Å². The Balaban J connectivity index is 1.89. The smallest absolute Gasteiger partial charge is 0.243 e. The lowest BCUT2D eigenvalue weighted by Gasteiger charge is -2.23. The SMILES string of the molecule is CC(=O)Nc1cccc(S(=O)(=O)N(CCc2ccccc2)Cc2cccnc2)c1. The highest BCUT2D eigenvalue weighted by Gasteiger charge is 2.25. The van der Waals surface area contributed by atoms with E-state index in [1.165, 1.54) is 17.3 Å². The summed E-state index contributed by atoms with van der Waals surface area (Å²) < 4.78 is 28.2. The van der Waals surface area contributed by atoms with Crippen LogP contribution in [0.3, 0.4) is 0 Å². The number of carbonyl (C=O) groups excluding carboxylic acids is 1. The highest BCUT2D eigenvalue weighted by atomic mass is 32.2. The number of sulfonamides is 1. The molecule has 29 heavy (non-hydrogen) atoms. The van der Waals surface area contributed by atoms with Crippen molar-refractivity contribution in [2.75, 3.05) is 11.9 Å². The summed E-state index contributed by atoms with van der Waals surface area (Å²) in [6, 6.07) is 19.7. The molecule has 150 valence electrons. The third kappa shape index (κ3) is 5.73. The minimum absolute atomic E-state index is 0.140. The minimum Gasteiger partial charge on any atom is -0.326 e. The maximum absolute atomic E-state index is 13.4. The summed E-state index contributed by atoms with van der Waals surface area (Å²) in [5.41, 5.74) is 2.32. The fourth-order valence-corrected chi connectivity index (χ4v) is 4.44. The van der Waals surface area contributed by atoms with Crippen LogP contribution in [0.5, 0.6) is 0 Å². The van der Waals surface area contributed by atoms with Crippen molar-refractivity contribution in [3.8, 4) is 0 Å². The van der Waals surface area contributed by atoms with E-state index in [9.17, 15) is 13.2 Å². The average Bonchev–Trinajstić information content (AvgIpc) is 2.72. The second-order valence-electron chi connectivity index (χ2n) is 6.64. The van der Waals surface area contributed by atoms with Crippen LogP contribution in [0.2, 0.25) is 0 Å². The van der Waals surface area contributed by atoms with Gasteiger partial charge in [0.1, 0.15) is 0 Å². The molecule has 1 aromatic heterocycles. The lowest BCUT2D eigenvalue weighted by Crippen LogP contribution is -2.32. The summed E-state index contributed by atoms with van der Waals surface area (Å²) in [4.78, 5) is 15.6. The Morgan fingerprint density at radius 1 is 1.00 bits per heavy atom. The van der Waals surface area contributed by atoms with E-state index < -0.39 is 10.0 Å². The van der Waals surface area contributed by atoms with Crippen molar-refractivity contribution in [2.24, 2.45) is 0 Å². The first-order valence-corrected chi connectivity index (χ1v) is 10.7. The molecule has 0 spiro atoms. The Morgan fingerprint density at radius 3 is 2.45 bits per heavy atom. The van der Waals surface area contributed by atoms with Gasteiger partial charge >= 0.3 is 0 Å². The van der Waals surface area contributed by atoms with Crippen molar-refractivity contribution in [3.05, 3.63) is 90.3 Å². The average molecular weight is 410 g/mol. The van der Waals surface area contributed by atoms with Crippen molar-refractivity contribution in [2.45, 2.75) is 24.8 Å². The number of nitrogens with zero attached hydrogens (tertiary/aromatic N) is 2. The molecule has 1 N–H and O–H groups in total. The van der Waals surface area contributed by atoms with Crippen LogP contribution < -0.4 is 5.32 Å². The molecule has 2 aromatic carbocycles. The van der Waals surface area contributed by atoms with Gasteiger partial charge in [0.2, 0.25) is 15.9 Å². The summed E-state index contributed by atoms with van der Waals surface area (Å²) in [7, 11) is -3.77. The van der Waals surface area contributed by atoms with E-state index >= 15 is 0 Å². The number of benzene rings is 2. The molecule has 0 bridgehead atoms. The maximum atomic E-state index is 13.4. The molecule has 1 heterocycles. The number of carbonyl (C=O) groups is 1. The van der Waals surface area contributed by atoms with Gasteiger partial charge in [0.15, 0.2) is 0 Å². The van der Waals surface area contributed by atoms with Crippen LogP contribution in [-0.4, -0.2) is 30.2 Å². The van der Waals surface area contributed by atoms with Crippen LogP contribution in [0.4, 0.5) is 5.69 Å². The van der Waals surface area contributed by atoms with E-state index in [1.807, 2.05) is 36.4 Å². The summed E-state index contributed by atoms with van der Waals surface area (Å²) in [6.45, 7) is 1.93. The number of hydrogen-bond donors (Lipinski definition) is 1. The molecule has 3 aromatic rings. The normalized spacial score (nSPS) is 11.4. The second kappa shape index (κ2) is 9.45. The van der Waals surface area contributed by atoms with E-state index in [2.05, 4.69) is 10.3 Å². The summed E-state index contributed by atoms with van der Waals surface area (Å²) in [6.07, 6.45) is 3.91. The number of anilines is 1. The van der Waals surface area contributed by atoms with Gasteiger partial charge in [-0.3, -0.25) is 9.78 Å². The Kier molecular flexibility index (Phi) is 6.74. The van der Waals surface area contributed by atoms with Gasteiger partial charge in [-0.1, -0.05) is 42.5 Å². The number of aromatic nitrogens is 1. The predicted octanol–water partition coefficient (Wildman–Crippen LogP) is 3.47. The highest BCUT2D eigenvalue weighted by molar-refractivity contribution is 7.89. The number of hydrogen-bond acceptors (Lipinski definition) is 4. The second-order valence-corrected chi connectivity index (χ2v) is 8.58. The maximum Gasteiger partial charge on any atom is 0.243 e. The van der Waals surface area contributed by atoms with Gasteiger partial charge in [0, 0.05) is 38.1 Å². The van der Waals surface area contributed by atoms with Gasteiger partial charge in [0.05, 0.1) is 4.90 Å². The third-order valence-electron chi connectivity index (χ3n) is 4.37. The van der Waals surface area contributed by atoms with Crippen LogP contribution in [0.25, 0.3) is 0 Å². The van der Waals surface area contributed by atoms with E-state index in [1.54, 1.807) is 36.7 Å². The molecule has 3 rings (SSSR count). The molecule has 0 atom stereocenters. The molecule has 0 aliphatic rings. The summed E-state index contributed by atoms with van der Waals surface area (Å²) >= 11 is 0. The number of nitrogens with one attached hydrogen (secondary N) is 1. The molecule has 0 unspecified atom stereocenters. The van der Waals surface area contributed by atoms with E-state index in [-0.39, 0.29) is 17.3 Å². The minimum atomic E-state index is -3.77. The van der Waals surface area contributed by atoms with Crippen LogP contribution >= 0.6 is 0 Å². The van der Waals surface area contributed by atoms with Crippen LogP contribution in [0, 0.1) is 0 Å². The largest absolute Gasteiger partial charge is 0.326 e. The van der Waals surface area contributed by atoms with Crippen molar-refractivity contribution in [1.82, 2.24) is 9.29 Å². The van der Waals surface area contributed by atoms with E-state index in [0.717, 1.165) is 11.1 Å². The standard InChI is InChI=1S/C22H23N3O3S/c1-18(26)24-21-10-5-11-22(15-21)29(27,28)25(17-20-9-6-13-23-16-20)14-12-19-7-3-2-4-8-19/h2-11,13,15-16H,12,14,17H2,1H3,(H,24,26). The molecule has 0 radical (unpaired) electrons. The Bertz CT molecular complexity index is 1050. The molecule has 1 amide bonds. The van der Waals surface area contributed by atoms with Gasteiger partial charge in [-0.25, -0.2) is 8.42 Å². The molecule has 0 fully saturated rings. The van der Waals surface area contributed by atoms with E-state index in [4.69, 9.17) is 0 Å². The first kappa shape index (κ1) is 20.7. The lowest BCUT2D eigenvalue weighted by atomic mass is 10.1. The van der Waals surface area contributed by atoms with Gasteiger partial charge in [0.25, 0.3) is 0 Å². The van der Waals surface area contributed by atoms with Crippen molar-refractivity contribution in [3.63, 3.8) is 0 Å². The summed E-state index contributed by atoms with van der Waals surface area (Å²) in [5, 5.41) is 2.63. The Morgan fingerprint density at radius 2 is 1.76 bits per heavy atom. The van der Waals surface area contributed by atoms with Crippen molar-refractivity contribution >= 4 is 21.6 Å². The Labute approximate surface area is 171 Å². The van der Waals surface area contributed by atoms with Crippen LogP contribution in [-0.2, 0) is 27.8 Å². The number of amides is 1. The number of pyridine rings is 1.